The second kappa shape index (κ2) is 4.62. The van der Waals surface area contributed by atoms with E-state index in [0.717, 1.165) is 37.7 Å². The zero-order valence-corrected chi connectivity index (χ0v) is 11.6. The lowest BCUT2D eigenvalue weighted by Crippen LogP contribution is -2.54. The Morgan fingerprint density at radius 3 is 2.70 bits per heavy atom. The summed E-state index contributed by atoms with van der Waals surface area (Å²) in [6.07, 6.45) is 4.73. The van der Waals surface area contributed by atoms with Gasteiger partial charge in [-0.2, -0.15) is 0 Å². The van der Waals surface area contributed by atoms with Gasteiger partial charge in [0.25, 0.3) is 5.91 Å². The molecule has 1 unspecified atom stereocenters. The molecule has 0 radical (unpaired) electrons. The molecular formula is C16H19NO3. The third kappa shape index (κ3) is 2.09. The van der Waals surface area contributed by atoms with Gasteiger partial charge in [-0.15, -0.1) is 0 Å². The van der Waals surface area contributed by atoms with Crippen molar-refractivity contribution >= 4 is 11.9 Å². The first-order chi connectivity index (χ1) is 9.52. The molecule has 0 heterocycles. The fourth-order valence-electron chi connectivity index (χ4n) is 3.13. The predicted octanol–water partition coefficient (Wildman–Crippen LogP) is 2.16. The molecule has 0 bridgehead atoms. The van der Waals surface area contributed by atoms with Gasteiger partial charge < -0.3 is 10.4 Å². The summed E-state index contributed by atoms with van der Waals surface area (Å²) in [6.45, 7) is 1.62. The van der Waals surface area contributed by atoms with Crippen molar-refractivity contribution in [2.24, 2.45) is 5.92 Å². The van der Waals surface area contributed by atoms with Crippen LogP contribution in [0.1, 0.15) is 47.7 Å². The quantitative estimate of drug-likeness (QED) is 0.883. The van der Waals surface area contributed by atoms with Crippen molar-refractivity contribution in [1.82, 2.24) is 5.32 Å². The van der Waals surface area contributed by atoms with Gasteiger partial charge in [0.15, 0.2) is 0 Å². The minimum atomic E-state index is -1.14. The maximum atomic E-state index is 12.5. The van der Waals surface area contributed by atoms with Crippen LogP contribution in [0, 0.1) is 5.92 Å². The van der Waals surface area contributed by atoms with Crippen LogP contribution in [-0.4, -0.2) is 22.5 Å². The lowest BCUT2D eigenvalue weighted by molar-refractivity contribution is -0.144. The van der Waals surface area contributed by atoms with Crippen LogP contribution >= 0.6 is 0 Å². The van der Waals surface area contributed by atoms with Crippen LogP contribution in [-0.2, 0) is 17.6 Å². The standard InChI is InChI=1S/C16H19NO3/c1-16(15(19)20,11-8-9-11)17-14(18)13-7-3-5-10-4-2-6-12(10)13/h3,5,7,11H,2,4,6,8-9H2,1H3,(H,17,18)(H,19,20). The maximum absolute atomic E-state index is 12.5. The number of rotatable bonds is 4. The van der Waals surface area contributed by atoms with E-state index in [0.29, 0.717) is 5.56 Å². The molecule has 4 nitrogen and oxygen atoms in total. The number of aryl methyl sites for hydroxylation is 1. The van der Waals surface area contributed by atoms with E-state index in [9.17, 15) is 14.7 Å². The number of amides is 1. The Hall–Kier alpha value is -1.84. The Morgan fingerprint density at radius 1 is 1.30 bits per heavy atom. The van der Waals surface area contributed by atoms with Crippen LogP contribution in [0.3, 0.4) is 0 Å². The van der Waals surface area contributed by atoms with Crippen LogP contribution in [0.2, 0.25) is 0 Å². The fourth-order valence-corrected chi connectivity index (χ4v) is 3.13. The highest BCUT2D eigenvalue weighted by Crippen LogP contribution is 2.40. The first-order valence-electron chi connectivity index (χ1n) is 7.19. The highest BCUT2D eigenvalue weighted by Gasteiger charge is 2.48. The van der Waals surface area contributed by atoms with Gasteiger partial charge in [0.1, 0.15) is 5.54 Å². The number of carbonyl (C=O) groups is 2. The lowest BCUT2D eigenvalue weighted by Gasteiger charge is -2.26. The van der Waals surface area contributed by atoms with Crippen molar-refractivity contribution in [2.75, 3.05) is 0 Å². The summed E-state index contributed by atoms with van der Waals surface area (Å²) in [4.78, 5) is 24.0. The Bertz CT molecular complexity index is 577. The van der Waals surface area contributed by atoms with Gasteiger partial charge in [-0.05, 0) is 62.1 Å². The molecule has 1 aromatic rings. The first-order valence-corrected chi connectivity index (χ1v) is 7.19. The van der Waals surface area contributed by atoms with E-state index in [-0.39, 0.29) is 11.8 Å². The van der Waals surface area contributed by atoms with Crippen molar-refractivity contribution in [3.63, 3.8) is 0 Å². The molecule has 1 atom stereocenters. The van der Waals surface area contributed by atoms with Crippen LogP contribution in [0.5, 0.6) is 0 Å². The molecule has 2 aliphatic rings. The number of benzene rings is 1. The number of carboxylic acids is 1. The average molecular weight is 273 g/mol. The van der Waals surface area contributed by atoms with Gasteiger partial charge in [0, 0.05) is 5.56 Å². The van der Waals surface area contributed by atoms with E-state index in [1.165, 1.54) is 5.56 Å². The minimum absolute atomic E-state index is 0.0562. The summed E-state index contributed by atoms with van der Waals surface area (Å²) >= 11 is 0. The van der Waals surface area contributed by atoms with Crippen molar-refractivity contribution in [1.29, 1.82) is 0 Å². The SMILES string of the molecule is CC(NC(=O)c1cccc2c1CCC2)(C(=O)O)C1CC1. The zero-order chi connectivity index (χ0) is 14.3. The third-order valence-corrected chi connectivity index (χ3v) is 4.60. The molecule has 0 aromatic heterocycles. The molecule has 1 amide bonds. The molecule has 1 aromatic carbocycles. The smallest absolute Gasteiger partial charge is 0.329 e. The normalized spacial score (nSPS) is 20.1. The van der Waals surface area contributed by atoms with Gasteiger partial charge in [-0.3, -0.25) is 4.79 Å². The number of carboxylic acid groups (broad SMARTS) is 1. The first kappa shape index (κ1) is 13.2. The molecule has 3 rings (SSSR count). The molecule has 0 aliphatic heterocycles. The minimum Gasteiger partial charge on any atom is -0.480 e. The van der Waals surface area contributed by atoms with Crippen LogP contribution in [0.25, 0.3) is 0 Å². The van der Waals surface area contributed by atoms with Crippen LogP contribution < -0.4 is 5.32 Å². The van der Waals surface area contributed by atoms with Crippen molar-refractivity contribution < 1.29 is 14.7 Å². The van der Waals surface area contributed by atoms with E-state index in [4.69, 9.17) is 0 Å². The van der Waals surface area contributed by atoms with Gasteiger partial charge in [0.2, 0.25) is 0 Å². The Kier molecular flexibility index (Phi) is 3.04. The highest BCUT2D eigenvalue weighted by molar-refractivity contribution is 5.99. The summed E-state index contributed by atoms with van der Waals surface area (Å²) in [7, 11) is 0. The predicted molar refractivity (Wildman–Crippen MR) is 74.7 cm³/mol. The third-order valence-electron chi connectivity index (χ3n) is 4.60. The zero-order valence-electron chi connectivity index (χ0n) is 11.6. The molecule has 1 saturated carbocycles. The Balaban J connectivity index is 1.86. The number of carbonyl (C=O) groups excluding carboxylic acids is 1. The second-order valence-electron chi connectivity index (χ2n) is 6.03. The van der Waals surface area contributed by atoms with Gasteiger partial charge in [-0.25, -0.2) is 4.79 Å². The second-order valence-corrected chi connectivity index (χ2v) is 6.03. The van der Waals surface area contributed by atoms with E-state index >= 15 is 0 Å². The maximum Gasteiger partial charge on any atom is 0.329 e. The monoisotopic (exact) mass is 273 g/mol. The number of hydrogen-bond acceptors (Lipinski definition) is 2. The molecule has 4 heteroatoms. The molecule has 1 fully saturated rings. The number of aliphatic carboxylic acids is 1. The molecule has 2 N–H and O–H groups in total. The summed E-state index contributed by atoms with van der Waals surface area (Å²) < 4.78 is 0. The van der Waals surface area contributed by atoms with Gasteiger partial charge >= 0.3 is 5.97 Å². The average Bonchev–Trinajstić information content (AvgIpc) is 3.16. The van der Waals surface area contributed by atoms with Gasteiger partial charge in [0.05, 0.1) is 0 Å². The topological polar surface area (TPSA) is 66.4 Å². The molecular weight excluding hydrogens is 254 g/mol. The van der Waals surface area contributed by atoms with Crippen molar-refractivity contribution in [2.45, 2.75) is 44.6 Å². The number of hydrogen-bond donors (Lipinski definition) is 2. The van der Waals surface area contributed by atoms with Crippen molar-refractivity contribution in [3.05, 3.63) is 34.9 Å². The van der Waals surface area contributed by atoms with E-state index < -0.39 is 11.5 Å². The number of nitrogens with one attached hydrogen (secondary N) is 1. The molecule has 106 valence electrons. The van der Waals surface area contributed by atoms with Crippen LogP contribution in [0.15, 0.2) is 18.2 Å². The summed E-state index contributed by atoms with van der Waals surface area (Å²) in [5.41, 5.74) is 1.82. The Labute approximate surface area is 118 Å². The highest BCUT2D eigenvalue weighted by atomic mass is 16.4. The summed E-state index contributed by atoms with van der Waals surface area (Å²) in [6, 6.07) is 5.74. The summed E-state index contributed by atoms with van der Waals surface area (Å²) in [5.74, 6) is -1.14. The van der Waals surface area contributed by atoms with E-state index in [1.54, 1.807) is 13.0 Å². The lowest BCUT2D eigenvalue weighted by atomic mass is 9.94. The van der Waals surface area contributed by atoms with Crippen molar-refractivity contribution in [3.8, 4) is 0 Å². The van der Waals surface area contributed by atoms with Crippen LogP contribution in [0.4, 0.5) is 0 Å². The van der Waals surface area contributed by atoms with E-state index in [2.05, 4.69) is 11.4 Å². The largest absolute Gasteiger partial charge is 0.480 e. The molecule has 0 saturated heterocycles. The van der Waals surface area contributed by atoms with E-state index in [1.807, 2.05) is 6.07 Å². The summed E-state index contributed by atoms with van der Waals surface area (Å²) in [5, 5.41) is 12.2. The molecule has 2 aliphatic carbocycles. The Morgan fingerprint density at radius 2 is 2.05 bits per heavy atom. The number of fused-ring (bicyclic) bond motifs is 1. The van der Waals surface area contributed by atoms with Gasteiger partial charge in [-0.1, -0.05) is 12.1 Å². The molecule has 20 heavy (non-hydrogen) atoms. The fraction of sp³-hybridized carbons (Fsp3) is 0.500. The molecule has 0 spiro atoms.